The summed E-state index contributed by atoms with van der Waals surface area (Å²) in [5, 5.41) is 1.17. The molecule has 0 aromatic carbocycles. The van der Waals surface area contributed by atoms with Crippen molar-refractivity contribution in [2.75, 3.05) is 25.9 Å². The molecule has 1 aliphatic carbocycles. The third-order valence-electron chi connectivity index (χ3n) is 5.29. The van der Waals surface area contributed by atoms with E-state index in [2.05, 4.69) is 16.8 Å². The van der Waals surface area contributed by atoms with Gasteiger partial charge in [-0.2, -0.15) is 0 Å². The average Bonchev–Trinajstić information content (AvgIpc) is 2.94. The van der Waals surface area contributed by atoms with E-state index in [0.717, 1.165) is 32.4 Å². The molecule has 1 fully saturated rings. The molecule has 2 heterocycles. The number of rotatable bonds is 4. The molecule has 23 heavy (non-hydrogen) atoms. The van der Waals surface area contributed by atoms with Crippen LogP contribution in [0.25, 0.3) is 0 Å². The summed E-state index contributed by atoms with van der Waals surface area (Å²) in [6.07, 6.45) is 5.40. The maximum absolute atomic E-state index is 12.1. The van der Waals surface area contributed by atoms with E-state index < -0.39 is 10.0 Å². The molecule has 0 spiro atoms. The molecule has 0 bridgehead atoms. The molecule has 5 nitrogen and oxygen atoms in total. The zero-order valence-electron chi connectivity index (χ0n) is 14.3. The van der Waals surface area contributed by atoms with E-state index in [0.29, 0.717) is 6.04 Å². The molecular weight excluding hydrogens is 330 g/mol. The van der Waals surface area contributed by atoms with Crippen molar-refractivity contribution >= 4 is 21.4 Å². The van der Waals surface area contributed by atoms with Crippen LogP contribution in [0.15, 0.2) is 0 Å². The summed E-state index contributed by atoms with van der Waals surface area (Å²) in [7, 11) is -1.34. The molecule has 1 aliphatic heterocycles. The Labute approximate surface area is 143 Å². The number of likely N-dealkylation sites (tertiary alicyclic amines) is 1. The van der Waals surface area contributed by atoms with Crippen molar-refractivity contribution < 1.29 is 8.42 Å². The van der Waals surface area contributed by atoms with Crippen molar-refractivity contribution in [2.24, 2.45) is 0 Å². The SMILES string of the molecule is CCS(=O)(=O)N(C)C1CCN([C@H]2CCCc3nc(C)sc32)CC1. The number of nitrogens with zero attached hydrogens (tertiary/aromatic N) is 3. The van der Waals surface area contributed by atoms with Gasteiger partial charge in [0.25, 0.3) is 0 Å². The van der Waals surface area contributed by atoms with Gasteiger partial charge in [0.15, 0.2) is 0 Å². The van der Waals surface area contributed by atoms with Crippen LogP contribution in [0.5, 0.6) is 0 Å². The van der Waals surface area contributed by atoms with Crippen LogP contribution >= 0.6 is 11.3 Å². The molecule has 3 rings (SSSR count). The summed E-state index contributed by atoms with van der Waals surface area (Å²) in [5.74, 6) is 0.190. The fraction of sp³-hybridized carbons (Fsp3) is 0.812. The zero-order valence-corrected chi connectivity index (χ0v) is 15.9. The smallest absolute Gasteiger partial charge is 0.213 e. The zero-order chi connectivity index (χ0) is 16.6. The summed E-state index contributed by atoms with van der Waals surface area (Å²) in [6.45, 7) is 5.78. The largest absolute Gasteiger partial charge is 0.295 e. The minimum absolute atomic E-state index is 0.155. The van der Waals surface area contributed by atoms with Crippen LogP contribution in [-0.2, 0) is 16.4 Å². The number of hydrogen-bond acceptors (Lipinski definition) is 5. The lowest BCUT2D eigenvalue weighted by Gasteiger charge is -2.40. The second-order valence-corrected chi connectivity index (χ2v) is 10.2. The van der Waals surface area contributed by atoms with Gasteiger partial charge in [0.05, 0.1) is 16.5 Å². The molecule has 7 heteroatoms. The maximum atomic E-state index is 12.1. The highest BCUT2D eigenvalue weighted by Crippen LogP contribution is 2.39. The number of aryl methyl sites for hydroxylation is 2. The summed E-state index contributed by atoms with van der Waals surface area (Å²) >= 11 is 1.85. The van der Waals surface area contributed by atoms with Crippen molar-refractivity contribution in [3.05, 3.63) is 15.6 Å². The summed E-state index contributed by atoms with van der Waals surface area (Å²) in [6, 6.07) is 0.654. The fourth-order valence-electron chi connectivity index (χ4n) is 3.86. The van der Waals surface area contributed by atoms with Crippen LogP contribution in [0.2, 0.25) is 0 Å². The van der Waals surface area contributed by atoms with E-state index in [1.54, 1.807) is 18.3 Å². The number of thiazole rings is 1. The number of fused-ring (bicyclic) bond motifs is 1. The summed E-state index contributed by atoms with van der Waals surface area (Å²) < 4.78 is 25.7. The molecule has 1 saturated heterocycles. The van der Waals surface area contributed by atoms with Gasteiger partial charge in [0.2, 0.25) is 10.0 Å². The Morgan fingerprint density at radius 3 is 2.65 bits per heavy atom. The number of sulfonamides is 1. The van der Waals surface area contributed by atoms with Crippen LogP contribution in [0.1, 0.15) is 54.2 Å². The molecule has 1 aromatic rings. The van der Waals surface area contributed by atoms with Gasteiger partial charge in [-0.3, -0.25) is 4.90 Å². The third kappa shape index (κ3) is 3.48. The molecule has 1 aromatic heterocycles. The molecule has 0 N–H and O–H groups in total. The predicted octanol–water partition coefficient (Wildman–Crippen LogP) is 2.57. The Bertz CT molecular complexity index is 648. The number of aromatic nitrogens is 1. The van der Waals surface area contributed by atoms with Crippen molar-refractivity contribution in [1.29, 1.82) is 0 Å². The molecule has 0 amide bonds. The Morgan fingerprint density at radius 1 is 1.30 bits per heavy atom. The maximum Gasteiger partial charge on any atom is 0.213 e. The number of piperidine rings is 1. The van der Waals surface area contributed by atoms with Gasteiger partial charge in [-0.05, 0) is 46.0 Å². The van der Waals surface area contributed by atoms with Crippen LogP contribution in [0.3, 0.4) is 0 Å². The summed E-state index contributed by atoms with van der Waals surface area (Å²) in [5.41, 5.74) is 1.30. The van der Waals surface area contributed by atoms with Gasteiger partial charge in [-0.15, -0.1) is 11.3 Å². The lowest BCUT2D eigenvalue weighted by atomic mass is 9.94. The topological polar surface area (TPSA) is 53.5 Å². The molecule has 0 unspecified atom stereocenters. The Kier molecular flexibility index (Phi) is 5.11. The van der Waals surface area contributed by atoms with Crippen LogP contribution in [0, 0.1) is 6.92 Å². The number of hydrogen-bond donors (Lipinski definition) is 0. The average molecular weight is 358 g/mol. The molecular formula is C16H27N3O2S2. The highest BCUT2D eigenvalue weighted by molar-refractivity contribution is 7.89. The Balaban J connectivity index is 1.66. The minimum atomic E-state index is -3.08. The van der Waals surface area contributed by atoms with E-state index in [1.807, 2.05) is 11.3 Å². The lowest BCUT2D eigenvalue weighted by Crippen LogP contribution is -2.47. The molecule has 1 atom stereocenters. The third-order valence-corrected chi connectivity index (χ3v) is 8.31. The van der Waals surface area contributed by atoms with Gasteiger partial charge < -0.3 is 0 Å². The summed E-state index contributed by atoms with van der Waals surface area (Å²) in [4.78, 5) is 8.70. The van der Waals surface area contributed by atoms with Crippen molar-refractivity contribution in [2.45, 2.75) is 58.0 Å². The highest BCUT2D eigenvalue weighted by atomic mass is 32.2. The lowest BCUT2D eigenvalue weighted by molar-refractivity contribution is 0.116. The minimum Gasteiger partial charge on any atom is -0.295 e. The van der Waals surface area contributed by atoms with Crippen molar-refractivity contribution in [3.8, 4) is 0 Å². The van der Waals surface area contributed by atoms with Crippen LogP contribution in [-0.4, -0.2) is 54.5 Å². The van der Waals surface area contributed by atoms with Gasteiger partial charge in [0.1, 0.15) is 0 Å². The van der Waals surface area contributed by atoms with Gasteiger partial charge in [0, 0.05) is 37.1 Å². The molecule has 130 valence electrons. The molecule has 0 radical (unpaired) electrons. The van der Waals surface area contributed by atoms with Crippen LogP contribution < -0.4 is 0 Å². The first kappa shape index (κ1) is 17.3. The quantitative estimate of drug-likeness (QED) is 0.831. The van der Waals surface area contributed by atoms with Gasteiger partial charge in [-0.25, -0.2) is 17.7 Å². The fourth-order valence-corrected chi connectivity index (χ4v) is 6.07. The van der Waals surface area contributed by atoms with Gasteiger partial charge in [-0.1, -0.05) is 0 Å². The second-order valence-electron chi connectivity index (χ2n) is 6.64. The monoisotopic (exact) mass is 357 g/mol. The van der Waals surface area contributed by atoms with E-state index >= 15 is 0 Å². The van der Waals surface area contributed by atoms with E-state index in [9.17, 15) is 8.42 Å². The standard InChI is InChI=1S/C16H27N3O2S2/c1-4-23(20,21)18(3)13-8-10-19(11-9-13)15-7-5-6-14-16(15)22-12(2)17-14/h13,15H,4-11H2,1-3H3/t15-/m0/s1. The first-order chi connectivity index (χ1) is 10.9. The van der Waals surface area contributed by atoms with E-state index in [4.69, 9.17) is 0 Å². The molecule has 0 saturated carbocycles. The highest BCUT2D eigenvalue weighted by Gasteiger charge is 2.34. The van der Waals surface area contributed by atoms with Crippen molar-refractivity contribution in [3.63, 3.8) is 0 Å². The normalized spacial score (nSPS) is 24.1. The Morgan fingerprint density at radius 2 is 2.00 bits per heavy atom. The van der Waals surface area contributed by atoms with Gasteiger partial charge >= 0.3 is 0 Å². The van der Waals surface area contributed by atoms with Crippen LogP contribution in [0.4, 0.5) is 0 Å². The van der Waals surface area contributed by atoms with Crippen molar-refractivity contribution in [1.82, 2.24) is 14.2 Å². The molecule has 2 aliphatic rings. The van der Waals surface area contributed by atoms with E-state index in [1.165, 1.54) is 28.4 Å². The first-order valence-corrected chi connectivity index (χ1v) is 11.0. The van der Waals surface area contributed by atoms with E-state index in [-0.39, 0.29) is 11.8 Å². The Hall–Kier alpha value is -0.500. The predicted molar refractivity (Wildman–Crippen MR) is 94.3 cm³/mol. The second kappa shape index (κ2) is 6.78. The first-order valence-electron chi connectivity index (χ1n) is 8.58.